The SMILES string of the molecule is CC(=O)c1cccc(NC(=O)c2ccsc2NC(=O)[C@H]2CC=CC[C@@H]2C(=O)O)c1. The van der Waals surface area contributed by atoms with Gasteiger partial charge < -0.3 is 15.7 Å². The van der Waals surface area contributed by atoms with Crippen molar-refractivity contribution >= 4 is 45.6 Å². The number of nitrogens with one attached hydrogen (secondary N) is 2. The van der Waals surface area contributed by atoms with E-state index in [1.54, 1.807) is 47.9 Å². The Bertz CT molecular complexity index is 994. The minimum Gasteiger partial charge on any atom is -0.481 e. The highest BCUT2D eigenvalue weighted by Gasteiger charge is 2.34. The number of aliphatic carboxylic acids is 1. The van der Waals surface area contributed by atoms with E-state index in [0.29, 0.717) is 29.1 Å². The van der Waals surface area contributed by atoms with E-state index in [4.69, 9.17) is 0 Å². The number of hydrogen-bond acceptors (Lipinski definition) is 5. The summed E-state index contributed by atoms with van der Waals surface area (Å²) in [5.41, 5.74) is 1.22. The summed E-state index contributed by atoms with van der Waals surface area (Å²) in [6, 6.07) is 8.16. The minimum atomic E-state index is -1.01. The number of anilines is 2. The molecular formula is C21H20N2O5S. The van der Waals surface area contributed by atoms with Crippen LogP contribution >= 0.6 is 11.3 Å². The summed E-state index contributed by atoms with van der Waals surface area (Å²) in [6.07, 6.45) is 4.21. The third-order valence-electron chi connectivity index (χ3n) is 4.76. The fraction of sp³-hybridized carbons (Fsp3) is 0.238. The van der Waals surface area contributed by atoms with E-state index >= 15 is 0 Å². The molecule has 1 aromatic heterocycles. The zero-order valence-electron chi connectivity index (χ0n) is 15.7. The van der Waals surface area contributed by atoms with Crippen LogP contribution in [0.4, 0.5) is 10.7 Å². The Morgan fingerprint density at radius 2 is 1.76 bits per heavy atom. The molecule has 8 heteroatoms. The van der Waals surface area contributed by atoms with E-state index in [2.05, 4.69) is 10.6 Å². The number of carbonyl (C=O) groups excluding carboxylic acids is 3. The van der Waals surface area contributed by atoms with Crippen molar-refractivity contribution < 1.29 is 24.3 Å². The quantitative estimate of drug-likeness (QED) is 0.493. The maximum absolute atomic E-state index is 12.7. The van der Waals surface area contributed by atoms with Crippen LogP contribution in [0.1, 0.15) is 40.5 Å². The smallest absolute Gasteiger partial charge is 0.307 e. The lowest BCUT2D eigenvalue weighted by Gasteiger charge is -2.24. The molecule has 3 N–H and O–H groups in total. The second kappa shape index (κ2) is 8.83. The molecule has 2 amide bonds. The van der Waals surface area contributed by atoms with Gasteiger partial charge in [0.05, 0.1) is 17.4 Å². The van der Waals surface area contributed by atoms with Crippen molar-refractivity contribution in [3.8, 4) is 0 Å². The topological polar surface area (TPSA) is 113 Å². The highest BCUT2D eigenvalue weighted by atomic mass is 32.1. The minimum absolute atomic E-state index is 0.112. The Hall–Kier alpha value is -3.26. The molecule has 0 bridgehead atoms. The molecule has 0 saturated carbocycles. The van der Waals surface area contributed by atoms with Crippen LogP contribution in [0.5, 0.6) is 0 Å². The number of carboxylic acid groups (broad SMARTS) is 1. The third kappa shape index (κ3) is 4.78. The van der Waals surface area contributed by atoms with E-state index in [9.17, 15) is 24.3 Å². The molecule has 3 rings (SSSR count). The van der Waals surface area contributed by atoms with E-state index < -0.39 is 29.6 Å². The number of rotatable bonds is 6. The molecule has 7 nitrogen and oxygen atoms in total. The molecule has 150 valence electrons. The van der Waals surface area contributed by atoms with E-state index in [-0.39, 0.29) is 11.3 Å². The van der Waals surface area contributed by atoms with Crippen LogP contribution in [0, 0.1) is 11.8 Å². The lowest BCUT2D eigenvalue weighted by Crippen LogP contribution is -2.34. The maximum atomic E-state index is 12.7. The molecule has 0 radical (unpaired) electrons. The van der Waals surface area contributed by atoms with Gasteiger partial charge in [0.2, 0.25) is 5.91 Å². The van der Waals surface area contributed by atoms with Crippen molar-refractivity contribution in [2.45, 2.75) is 19.8 Å². The van der Waals surface area contributed by atoms with Gasteiger partial charge in [-0.2, -0.15) is 0 Å². The number of allylic oxidation sites excluding steroid dienone is 2. The molecule has 0 aliphatic heterocycles. The van der Waals surface area contributed by atoms with Crippen molar-refractivity contribution in [1.82, 2.24) is 0 Å². The monoisotopic (exact) mass is 412 g/mol. The normalized spacial score (nSPS) is 18.1. The van der Waals surface area contributed by atoms with Crippen LogP contribution in [0.25, 0.3) is 0 Å². The summed E-state index contributed by atoms with van der Waals surface area (Å²) in [4.78, 5) is 48.3. The maximum Gasteiger partial charge on any atom is 0.307 e. The fourth-order valence-electron chi connectivity index (χ4n) is 3.18. The first kappa shape index (κ1) is 20.5. The Balaban J connectivity index is 1.73. The number of hydrogen-bond donors (Lipinski definition) is 3. The Kier molecular flexibility index (Phi) is 6.23. The van der Waals surface area contributed by atoms with Crippen molar-refractivity contribution in [1.29, 1.82) is 0 Å². The van der Waals surface area contributed by atoms with Gasteiger partial charge in [-0.15, -0.1) is 11.3 Å². The van der Waals surface area contributed by atoms with Crippen LogP contribution in [-0.2, 0) is 9.59 Å². The summed E-state index contributed by atoms with van der Waals surface area (Å²) >= 11 is 1.19. The lowest BCUT2D eigenvalue weighted by atomic mass is 9.82. The number of carboxylic acids is 1. The second-order valence-electron chi connectivity index (χ2n) is 6.74. The molecule has 0 fully saturated rings. The van der Waals surface area contributed by atoms with Gasteiger partial charge >= 0.3 is 5.97 Å². The van der Waals surface area contributed by atoms with Gasteiger partial charge in [0.25, 0.3) is 5.91 Å². The number of ketones is 1. The summed E-state index contributed by atoms with van der Waals surface area (Å²) < 4.78 is 0. The standard InChI is InChI=1S/C21H20N2O5S/c1-12(24)13-5-4-6-14(11-13)22-19(26)17-9-10-29-20(17)23-18(25)15-7-2-3-8-16(15)21(27)28/h2-6,9-11,15-16H,7-8H2,1H3,(H,22,26)(H,23,25)(H,27,28)/t15-,16-/m0/s1. The van der Waals surface area contributed by atoms with Crippen LogP contribution in [-0.4, -0.2) is 28.7 Å². The van der Waals surface area contributed by atoms with Crippen molar-refractivity contribution in [3.05, 3.63) is 59.0 Å². The predicted molar refractivity (Wildman–Crippen MR) is 110 cm³/mol. The average Bonchev–Trinajstić information content (AvgIpc) is 3.16. The molecule has 2 atom stereocenters. The zero-order chi connectivity index (χ0) is 21.0. The molecule has 0 unspecified atom stereocenters. The first-order chi connectivity index (χ1) is 13.9. The highest BCUT2D eigenvalue weighted by molar-refractivity contribution is 7.14. The van der Waals surface area contributed by atoms with Crippen LogP contribution in [0.15, 0.2) is 47.9 Å². The summed E-state index contributed by atoms with van der Waals surface area (Å²) in [5.74, 6) is -3.45. The number of benzene rings is 1. The lowest BCUT2D eigenvalue weighted by molar-refractivity contribution is -0.146. The van der Waals surface area contributed by atoms with Gasteiger partial charge in [-0.25, -0.2) is 0 Å². The molecule has 1 heterocycles. The fourth-order valence-corrected chi connectivity index (χ4v) is 3.97. The molecule has 1 aromatic carbocycles. The molecule has 2 aromatic rings. The highest BCUT2D eigenvalue weighted by Crippen LogP contribution is 2.30. The first-order valence-corrected chi connectivity index (χ1v) is 9.93. The molecule has 29 heavy (non-hydrogen) atoms. The molecule has 1 aliphatic carbocycles. The summed E-state index contributed by atoms with van der Waals surface area (Å²) in [6.45, 7) is 1.44. The number of carbonyl (C=O) groups is 4. The Morgan fingerprint density at radius 1 is 1.03 bits per heavy atom. The van der Waals surface area contributed by atoms with Gasteiger partial charge in [-0.3, -0.25) is 19.2 Å². The third-order valence-corrected chi connectivity index (χ3v) is 5.59. The first-order valence-electron chi connectivity index (χ1n) is 9.05. The van der Waals surface area contributed by atoms with Crippen LogP contribution in [0.3, 0.4) is 0 Å². The second-order valence-corrected chi connectivity index (χ2v) is 7.65. The number of amides is 2. The van der Waals surface area contributed by atoms with E-state index in [1.165, 1.54) is 18.3 Å². The van der Waals surface area contributed by atoms with Gasteiger partial charge in [-0.05, 0) is 43.3 Å². The van der Waals surface area contributed by atoms with E-state index in [0.717, 1.165) is 0 Å². The van der Waals surface area contributed by atoms with Gasteiger partial charge in [0, 0.05) is 11.3 Å². The predicted octanol–water partition coefficient (Wildman–Crippen LogP) is 3.81. The Labute approximate surface area is 171 Å². The van der Waals surface area contributed by atoms with E-state index in [1.807, 2.05) is 0 Å². The zero-order valence-corrected chi connectivity index (χ0v) is 16.5. The van der Waals surface area contributed by atoms with Crippen LogP contribution < -0.4 is 10.6 Å². The Morgan fingerprint density at radius 3 is 2.45 bits per heavy atom. The average molecular weight is 412 g/mol. The van der Waals surface area contributed by atoms with Gasteiger partial charge in [0.1, 0.15) is 5.00 Å². The van der Waals surface area contributed by atoms with Crippen molar-refractivity contribution in [2.75, 3.05) is 10.6 Å². The van der Waals surface area contributed by atoms with Crippen LogP contribution in [0.2, 0.25) is 0 Å². The summed E-state index contributed by atoms with van der Waals surface area (Å²) in [5, 5.41) is 16.8. The van der Waals surface area contributed by atoms with Gasteiger partial charge in [0.15, 0.2) is 5.78 Å². The molecule has 0 spiro atoms. The summed E-state index contributed by atoms with van der Waals surface area (Å²) in [7, 11) is 0. The molecular weight excluding hydrogens is 392 g/mol. The molecule has 0 saturated heterocycles. The van der Waals surface area contributed by atoms with Crippen molar-refractivity contribution in [3.63, 3.8) is 0 Å². The van der Waals surface area contributed by atoms with Gasteiger partial charge in [-0.1, -0.05) is 24.3 Å². The molecule has 1 aliphatic rings. The van der Waals surface area contributed by atoms with Crippen molar-refractivity contribution in [2.24, 2.45) is 11.8 Å². The number of Topliss-reactive ketones (excluding diaryl/α,β-unsaturated/α-hetero) is 1. The largest absolute Gasteiger partial charge is 0.481 e. The number of thiophene rings is 1.